The average Bonchev–Trinajstić information content (AvgIpc) is 2.19. The SMILES string of the molecule is CC(O)CNCc1ccc(OC(F)F)cc1. The van der Waals surface area contributed by atoms with E-state index >= 15 is 0 Å². The molecule has 0 saturated heterocycles. The van der Waals surface area contributed by atoms with Crippen LogP contribution in [0.2, 0.25) is 0 Å². The first-order valence-corrected chi connectivity index (χ1v) is 5.00. The highest BCUT2D eigenvalue weighted by molar-refractivity contribution is 5.27. The fourth-order valence-electron chi connectivity index (χ4n) is 1.21. The van der Waals surface area contributed by atoms with E-state index in [1.165, 1.54) is 12.1 Å². The first-order chi connectivity index (χ1) is 7.58. The van der Waals surface area contributed by atoms with Crippen LogP contribution in [-0.2, 0) is 6.54 Å². The van der Waals surface area contributed by atoms with Gasteiger partial charge in [0.05, 0.1) is 6.10 Å². The highest BCUT2D eigenvalue weighted by Gasteiger charge is 2.03. The summed E-state index contributed by atoms with van der Waals surface area (Å²) in [6.07, 6.45) is -0.401. The van der Waals surface area contributed by atoms with Gasteiger partial charge in [-0.2, -0.15) is 8.78 Å². The van der Waals surface area contributed by atoms with Crippen LogP contribution in [0.15, 0.2) is 24.3 Å². The van der Waals surface area contributed by atoms with E-state index in [1.807, 2.05) is 0 Å². The lowest BCUT2D eigenvalue weighted by atomic mass is 10.2. The Balaban J connectivity index is 2.39. The molecule has 0 heterocycles. The van der Waals surface area contributed by atoms with Crippen molar-refractivity contribution in [3.05, 3.63) is 29.8 Å². The van der Waals surface area contributed by atoms with E-state index in [9.17, 15) is 8.78 Å². The number of halogens is 2. The van der Waals surface area contributed by atoms with Crippen LogP contribution in [0.1, 0.15) is 12.5 Å². The minimum absolute atomic E-state index is 0.147. The van der Waals surface area contributed by atoms with Gasteiger partial charge in [0.25, 0.3) is 0 Å². The fourth-order valence-corrected chi connectivity index (χ4v) is 1.21. The second-order valence-corrected chi connectivity index (χ2v) is 3.50. The molecule has 0 bridgehead atoms. The zero-order valence-corrected chi connectivity index (χ0v) is 8.99. The van der Waals surface area contributed by atoms with Crippen LogP contribution in [0.3, 0.4) is 0 Å². The van der Waals surface area contributed by atoms with Crippen LogP contribution in [0, 0.1) is 0 Å². The summed E-state index contributed by atoms with van der Waals surface area (Å²) in [5.74, 6) is 0.147. The number of hydrogen-bond acceptors (Lipinski definition) is 3. The third-order valence-corrected chi connectivity index (χ3v) is 1.92. The molecule has 2 N–H and O–H groups in total. The van der Waals surface area contributed by atoms with E-state index in [0.717, 1.165) is 5.56 Å². The molecule has 90 valence electrons. The van der Waals surface area contributed by atoms with Gasteiger partial charge in [0.1, 0.15) is 5.75 Å². The Morgan fingerprint density at radius 1 is 1.31 bits per heavy atom. The van der Waals surface area contributed by atoms with Gasteiger partial charge in [-0.25, -0.2) is 0 Å². The molecule has 0 aliphatic carbocycles. The van der Waals surface area contributed by atoms with E-state index in [0.29, 0.717) is 13.1 Å². The Morgan fingerprint density at radius 3 is 2.44 bits per heavy atom. The van der Waals surface area contributed by atoms with Crippen molar-refractivity contribution in [3.63, 3.8) is 0 Å². The predicted molar refractivity (Wildman–Crippen MR) is 56.5 cm³/mol. The van der Waals surface area contributed by atoms with E-state index in [-0.39, 0.29) is 5.75 Å². The minimum Gasteiger partial charge on any atom is -0.435 e. The lowest BCUT2D eigenvalue weighted by molar-refractivity contribution is -0.0498. The summed E-state index contributed by atoms with van der Waals surface area (Å²) in [5.41, 5.74) is 0.947. The van der Waals surface area contributed by atoms with Crippen molar-refractivity contribution in [1.29, 1.82) is 0 Å². The topological polar surface area (TPSA) is 41.5 Å². The van der Waals surface area contributed by atoms with Crippen LogP contribution < -0.4 is 10.1 Å². The summed E-state index contributed by atoms with van der Waals surface area (Å²) >= 11 is 0. The summed E-state index contributed by atoms with van der Waals surface area (Å²) in [6.45, 7) is -0.0268. The molecule has 0 amide bonds. The number of aliphatic hydroxyl groups is 1. The third-order valence-electron chi connectivity index (χ3n) is 1.92. The van der Waals surface area contributed by atoms with Gasteiger partial charge >= 0.3 is 6.61 Å². The second kappa shape index (κ2) is 6.40. The zero-order valence-electron chi connectivity index (χ0n) is 8.99. The van der Waals surface area contributed by atoms with Crippen molar-refractivity contribution in [3.8, 4) is 5.75 Å². The van der Waals surface area contributed by atoms with E-state index in [1.54, 1.807) is 19.1 Å². The van der Waals surface area contributed by atoms with E-state index < -0.39 is 12.7 Å². The molecule has 0 aliphatic heterocycles. The molecule has 0 radical (unpaired) electrons. The number of benzene rings is 1. The Labute approximate surface area is 93.0 Å². The molecule has 0 fully saturated rings. The Kier molecular flexibility index (Phi) is 5.14. The zero-order chi connectivity index (χ0) is 12.0. The quantitative estimate of drug-likeness (QED) is 0.783. The molecule has 1 atom stereocenters. The summed E-state index contributed by atoms with van der Waals surface area (Å²) < 4.78 is 27.9. The smallest absolute Gasteiger partial charge is 0.387 e. The van der Waals surface area contributed by atoms with Gasteiger partial charge in [0, 0.05) is 13.1 Å². The van der Waals surface area contributed by atoms with Crippen molar-refractivity contribution in [1.82, 2.24) is 5.32 Å². The number of aliphatic hydroxyl groups excluding tert-OH is 1. The molecule has 0 aliphatic rings. The summed E-state index contributed by atoms with van der Waals surface area (Å²) in [7, 11) is 0. The summed E-state index contributed by atoms with van der Waals surface area (Å²) in [6, 6.07) is 6.39. The van der Waals surface area contributed by atoms with Gasteiger partial charge in [0.15, 0.2) is 0 Å². The number of alkyl halides is 2. The van der Waals surface area contributed by atoms with E-state index in [4.69, 9.17) is 5.11 Å². The summed E-state index contributed by atoms with van der Waals surface area (Å²) in [4.78, 5) is 0. The maximum atomic E-state index is 11.9. The van der Waals surface area contributed by atoms with Crippen LogP contribution in [-0.4, -0.2) is 24.4 Å². The maximum Gasteiger partial charge on any atom is 0.387 e. The largest absolute Gasteiger partial charge is 0.435 e. The van der Waals surface area contributed by atoms with Crippen LogP contribution >= 0.6 is 0 Å². The Bertz CT molecular complexity index is 301. The van der Waals surface area contributed by atoms with Crippen LogP contribution in [0.5, 0.6) is 5.75 Å². The molecular formula is C11H15F2NO2. The van der Waals surface area contributed by atoms with E-state index in [2.05, 4.69) is 10.1 Å². The minimum atomic E-state index is -2.79. The molecule has 1 aromatic rings. The first-order valence-electron chi connectivity index (χ1n) is 5.00. The normalized spacial score (nSPS) is 12.8. The van der Waals surface area contributed by atoms with Crippen molar-refractivity contribution in [2.75, 3.05) is 6.54 Å². The highest BCUT2D eigenvalue weighted by Crippen LogP contribution is 2.14. The predicted octanol–water partition coefficient (Wildman–Crippen LogP) is 1.76. The standard InChI is InChI=1S/C11H15F2NO2/c1-8(15)6-14-7-9-2-4-10(5-3-9)16-11(12)13/h2-5,8,11,14-15H,6-7H2,1H3. The molecule has 1 rings (SSSR count). The van der Waals surface area contributed by atoms with Crippen molar-refractivity contribution < 1.29 is 18.6 Å². The Morgan fingerprint density at radius 2 is 1.94 bits per heavy atom. The van der Waals surface area contributed by atoms with Crippen molar-refractivity contribution in [2.45, 2.75) is 26.2 Å². The van der Waals surface area contributed by atoms with Crippen molar-refractivity contribution >= 4 is 0 Å². The van der Waals surface area contributed by atoms with Gasteiger partial charge in [0.2, 0.25) is 0 Å². The average molecular weight is 231 g/mol. The lowest BCUT2D eigenvalue weighted by Crippen LogP contribution is -2.23. The Hall–Kier alpha value is -1.20. The summed E-state index contributed by atoms with van der Waals surface area (Å²) in [5, 5.41) is 12.0. The van der Waals surface area contributed by atoms with Gasteiger partial charge in [-0.3, -0.25) is 0 Å². The second-order valence-electron chi connectivity index (χ2n) is 3.50. The van der Waals surface area contributed by atoms with Crippen LogP contribution in [0.4, 0.5) is 8.78 Å². The molecule has 16 heavy (non-hydrogen) atoms. The monoisotopic (exact) mass is 231 g/mol. The molecular weight excluding hydrogens is 216 g/mol. The molecule has 0 spiro atoms. The molecule has 1 aromatic carbocycles. The van der Waals surface area contributed by atoms with Crippen LogP contribution in [0.25, 0.3) is 0 Å². The number of ether oxygens (including phenoxy) is 1. The van der Waals surface area contributed by atoms with Gasteiger partial charge < -0.3 is 15.2 Å². The van der Waals surface area contributed by atoms with Gasteiger partial charge in [-0.05, 0) is 24.6 Å². The molecule has 0 saturated carbocycles. The molecule has 3 nitrogen and oxygen atoms in total. The maximum absolute atomic E-state index is 11.9. The third kappa shape index (κ3) is 5.04. The first kappa shape index (κ1) is 12.9. The van der Waals surface area contributed by atoms with Gasteiger partial charge in [-0.15, -0.1) is 0 Å². The van der Waals surface area contributed by atoms with Crippen molar-refractivity contribution in [2.24, 2.45) is 0 Å². The highest BCUT2D eigenvalue weighted by atomic mass is 19.3. The molecule has 1 unspecified atom stereocenters. The molecule has 0 aromatic heterocycles. The lowest BCUT2D eigenvalue weighted by Gasteiger charge is -2.08. The molecule has 5 heteroatoms. The fraction of sp³-hybridized carbons (Fsp3) is 0.455. The van der Waals surface area contributed by atoms with Gasteiger partial charge in [-0.1, -0.05) is 12.1 Å². The number of nitrogens with one attached hydrogen (secondary N) is 1. The number of rotatable bonds is 6. The number of hydrogen-bond donors (Lipinski definition) is 2.